The van der Waals surface area contributed by atoms with Crippen LogP contribution in [0.15, 0.2) is 22.7 Å². The fourth-order valence-corrected chi connectivity index (χ4v) is 2.32. The summed E-state index contributed by atoms with van der Waals surface area (Å²) in [5.41, 5.74) is 1.65. The van der Waals surface area contributed by atoms with Gasteiger partial charge in [0.25, 0.3) is 5.91 Å². The zero-order valence-corrected chi connectivity index (χ0v) is 12.0. The summed E-state index contributed by atoms with van der Waals surface area (Å²) in [5.74, 6) is -0.106. The maximum atomic E-state index is 12.4. The number of aryl methyl sites for hydroxylation is 1. The number of rotatable bonds is 1. The van der Waals surface area contributed by atoms with E-state index in [0.29, 0.717) is 18.7 Å². The molecule has 96 valence electrons. The molecule has 0 N–H and O–H groups in total. The van der Waals surface area contributed by atoms with Gasteiger partial charge < -0.3 is 9.80 Å². The predicted octanol–water partition coefficient (Wildman–Crippen LogP) is 1.67. The molecule has 5 heteroatoms. The first kappa shape index (κ1) is 13.1. The third kappa shape index (κ3) is 2.56. The number of piperazine rings is 1. The van der Waals surface area contributed by atoms with E-state index >= 15 is 0 Å². The van der Waals surface area contributed by atoms with Crippen LogP contribution in [0.25, 0.3) is 0 Å². The Kier molecular flexibility index (Phi) is 3.71. The summed E-state index contributed by atoms with van der Waals surface area (Å²) >= 11 is 3.38. The van der Waals surface area contributed by atoms with Gasteiger partial charge in [0.2, 0.25) is 5.91 Å². The number of amides is 2. The molecule has 1 fully saturated rings. The largest absolute Gasteiger partial charge is 0.342 e. The topological polar surface area (TPSA) is 40.6 Å². The van der Waals surface area contributed by atoms with E-state index in [9.17, 15) is 9.59 Å². The lowest BCUT2D eigenvalue weighted by Crippen LogP contribution is -2.50. The van der Waals surface area contributed by atoms with Gasteiger partial charge in [0.15, 0.2) is 0 Å². The molecule has 1 aromatic rings. The first-order valence-corrected chi connectivity index (χ1v) is 6.57. The fraction of sp³-hybridized carbons (Fsp3) is 0.385. The standard InChI is InChI=1S/C13H15BrN2O2/c1-9-3-4-11(14)10(7-9)13(18)16-6-5-15(2)12(17)8-16/h3-4,7H,5-6,8H2,1-2H3. The Morgan fingerprint density at radius 1 is 1.33 bits per heavy atom. The first-order chi connectivity index (χ1) is 8.49. The van der Waals surface area contributed by atoms with Crippen LogP contribution >= 0.6 is 15.9 Å². The Hall–Kier alpha value is -1.36. The van der Waals surface area contributed by atoms with Gasteiger partial charge in [-0.3, -0.25) is 9.59 Å². The molecule has 1 heterocycles. The van der Waals surface area contributed by atoms with Crippen molar-refractivity contribution in [1.29, 1.82) is 0 Å². The maximum absolute atomic E-state index is 12.4. The lowest BCUT2D eigenvalue weighted by molar-refractivity contribution is -0.133. The third-order valence-electron chi connectivity index (χ3n) is 3.10. The summed E-state index contributed by atoms with van der Waals surface area (Å²) in [6.45, 7) is 3.28. The molecule has 4 nitrogen and oxygen atoms in total. The van der Waals surface area contributed by atoms with E-state index in [1.807, 2.05) is 25.1 Å². The van der Waals surface area contributed by atoms with E-state index in [1.165, 1.54) is 0 Å². The second kappa shape index (κ2) is 5.10. The fourth-order valence-electron chi connectivity index (χ4n) is 1.91. The second-order valence-electron chi connectivity index (χ2n) is 4.53. The molecule has 0 bridgehead atoms. The van der Waals surface area contributed by atoms with Crippen molar-refractivity contribution in [3.8, 4) is 0 Å². The van der Waals surface area contributed by atoms with Crippen LogP contribution in [0.5, 0.6) is 0 Å². The van der Waals surface area contributed by atoms with Crippen molar-refractivity contribution < 1.29 is 9.59 Å². The van der Waals surface area contributed by atoms with Gasteiger partial charge in [0.1, 0.15) is 6.54 Å². The van der Waals surface area contributed by atoms with Gasteiger partial charge in [-0.25, -0.2) is 0 Å². The zero-order valence-electron chi connectivity index (χ0n) is 10.4. The first-order valence-electron chi connectivity index (χ1n) is 5.78. The van der Waals surface area contributed by atoms with Crippen LogP contribution in [0, 0.1) is 6.92 Å². The minimum Gasteiger partial charge on any atom is -0.342 e. The van der Waals surface area contributed by atoms with Gasteiger partial charge >= 0.3 is 0 Å². The lowest BCUT2D eigenvalue weighted by Gasteiger charge is -2.32. The molecule has 0 radical (unpaired) electrons. The number of carbonyl (C=O) groups excluding carboxylic acids is 2. The SMILES string of the molecule is Cc1ccc(Br)c(C(=O)N2CCN(C)C(=O)C2)c1. The Balaban J connectivity index is 2.21. The molecule has 0 atom stereocenters. The van der Waals surface area contributed by atoms with Crippen LogP contribution in [0.4, 0.5) is 0 Å². The van der Waals surface area contributed by atoms with Crippen LogP contribution in [-0.2, 0) is 4.79 Å². The normalized spacial score (nSPS) is 16.1. The van der Waals surface area contributed by atoms with Gasteiger partial charge in [-0.2, -0.15) is 0 Å². The van der Waals surface area contributed by atoms with E-state index in [-0.39, 0.29) is 18.4 Å². The molecule has 1 saturated heterocycles. The van der Waals surface area contributed by atoms with Crippen LogP contribution in [0.1, 0.15) is 15.9 Å². The van der Waals surface area contributed by atoms with Crippen LogP contribution in [-0.4, -0.2) is 48.3 Å². The van der Waals surface area contributed by atoms with E-state index in [4.69, 9.17) is 0 Å². The summed E-state index contributed by atoms with van der Waals surface area (Å²) in [4.78, 5) is 27.2. The number of nitrogens with zero attached hydrogens (tertiary/aromatic N) is 2. The van der Waals surface area contributed by atoms with Crippen molar-refractivity contribution in [1.82, 2.24) is 9.80 Å². The number of hydrogen-bond acceptors (Lipinski definition) is 2. The monoisotopic (exact) mass is 310 g/mol. The second-order valence-corrected chi connectivity index (χ2v) is 5.38. The summed E-state index contributed by atoms with van der Waals surface area (Å²) < 4.78 is 0.768. The van der Waals surface area contributed by atoms with Gasteiger partial charge in [-0.15, -0.1) is 0 Å². The average Bonchev–Trinajstić information content (AvgIpc) is 2.35. The molecule has 1 aliphatic rings. The van der Waals surface area contributed by atoms with Gasteiger partial charge in [-0.1, -0.05) is 11.6 Å². The summed E-state index contributed by atoms with van der Waals surface area (Å²) in [6.07, 6.45) is 0. The highest BCUT2D eigenvalue weighted by Gasteiger charge is 2.26. The van der Waals surface area contributed by atoms with Gasteiger partial charge in [-0.05, 0) is 35.0 Å². The smallest absolute Gasteiger partial charge is 0.255 e. The van der Waals surface area contributed by atoms with Crippen LogP contribution < -0.4 is 0 Å². The Labute approximate surface area is 115 Å². The van der Waals surface area contributed by atoms with E-state index < -0.39 is 0 Å². The molecule has 0 saturated carbocycles. The minimum atomic E-state index is -0.0907. The zero-order chi connectivity index (χ0) is 13.3. The molecule has 18 heavy (non-hydrogen) atoms. The Bertz CT molecular complexity index is 502. The van der Waals surface area contributed by atoms with Gasteiger partial charge in [0.05, 0.1) is 5.56 Å². The number of carbonyl (C=O) groups is 2. The third-order valence-corrected chi connectivity index (χ3v) is 3.79. The molecule has 1 aliphatic heterocycles. The van der Waals surface area contributed by atoms with Crippen molar-refractivity contribution in [3.63, 3.8) is 0 Å². The van der Waals surface area contributed by atoms with Crippen LogP contribution in [0.3, 0.4) is 0 Å². The molecular weight excluding hydrogens is 296 g/mol. The van der Waals surface area contributed by atoms with Crippen molar-refractivity contribution in [2.75, 3.05) is 26.7 Å². The lowest BCUT2D eigenvalue weighted by atomic mass is 10.1. The van der Waals surface area contributed by atoms with Crippen LogP contribution in [0.2, 0.25) is 0 Å². The quantitative estimate of drug-likeness (QED) is 0.791. The molecule has 0 aromatic heterocycles. The van der Waals surface area contributed by atoms with Crippen molar-refractivity contribution in [2.45, 2.75) is 6.92 Å². The molecule has 0 spiro atoms. The molecule has 2 amide bonds. The number of benzene rings is 1. The number of likely N-dealkylation sites (N-methyl/N-ethyl adjacent to an activating group) is 1. The van der Waals surface area contributed by atoms with E-state index in [0.717, 1.165) is 10.0 Å². The predicted molar refractivity (Wildman–Crippen MR) is 72.4 cm³/mol. The molecule has 0 aliphatic carbocycles. The summed E-state index contributed by atoms with van der Waals surface area (Å²) in [5, 5.41) is 0. The highest BCUT2D eigenvalue weighted by molar-refractivity contribution is 9.10. The van der Waals surface area contributed by atoms with E-state index in [1.54, 1.807) is 16.8 Å². The van der Waals surface area contributed by atoms with Crippen molar-refractivity contribution in [2.24, 2.45) is 0 Å². The maximum Gasteiger partial charge on any atom is 0.255 e. The summed E-state index contributed by atoms with van der Waals surface area (Å²) in [7, 11) is 1.76. The highest BCUT2D eigenvalue weighted by atomic mass is 79.9. The highest BCUT2D eigenvalue weighted by Crippen LogP contribution is 2.20. The molecular formula is C13H15BrN2O2. The molecule has 1 aromatic carbocycles. The molecule has 2 rings (SSSR count). The number of halogens is 1. The van der Waals surface area contributed by atoms with Gasteiger partial charge in [0, 0.05) is 24.6 Å². The van der Waals surface area contributed by atoms with Crippen molar-refractivity contribution in [3.05, 3.63) is 33.8 Å². The van der Waals surface area contributed by atoms with Crippen molar-refractivity contribution >= 4 is 27.7 Å². The Morgan fingerprint density at radius 2 is 2.06 bits per heavy atom. The Morgan fingerprint density at radius 3 is 2.72 bits per heavy atom. The van der Waals surface area contributed by atoms with E-state index in [2.05, 4.69) is 15.9 Å². The minimum absolute atomic E-state index is 0.0154. The average molecular weight is 311 g/mol. The summed E-state index contributed by atoms with van der Waals surface area (Å²) in [6, 6.07) is 5.64. The molecule has 0 unspecified atom stereocenters. The number of hydrogen-bond donors (Lipinski definition) is 0.